The number of allylic oxidation sites excluding steroid dienone is 1. The number of rotatable bonds is 3. The van der Waals surface area contributed by atoms with E-state index in [0.717, 1.165) is 11.8 Å². The Balaban J connectivity index is 0.000000364. The molecule has 0 aliphatic heterocycles. The summed E-state index contributed by atoms with van der Waals surface area (Å²) in [4.78, 5) is 9.89. The molecule has 1 aromatic carbocycles. The minimum atomic E-state index is -0.125. The van der Waals surface area contributed by atoms with Crippen LogP contribution in [-0.2, 0) is 4.79 Å². The second-order valence-electron chi connectivity index (χ2n) is 2.35. The van der Waals surface area contributed by atoms with Gasteiger partial charge in [-0.2, -0.15) is 0 Å². The Bertz CT molecular complexity index is 252. The third-order valence-corrected chi connectivity index (χ3v) is 1.27. The summed E-state index contributed by atoms with van der Waals surface area (Å²) in [5.41, 5.74) is 1.05. The number of aldehydes is 1. The molecule has 0 unspecified atom stereocenters. The van der Waals surface area contributed by atoms with E-state index in [0.29, 0.717) is 0 Å². The highest BCUT2D eigenvalue weighted by Crippen LogP contribution is 1.99. The van der Waals surface area contributed by atoms with E-state index in [1.54, 1.807) is 6.08 Å². The zero-order valence-corrected chi connectivity index (χ0v) is 7.84. The van der Waals surface area contributed by atoms with Crippen molar-refractivity contribution in [2.24, 2.45) is 0 Å². The van der Waals surface area contributed by atoms with Gasteiger partial charge in [-0.15, -0.1) is 0 Å². The zero-order chi connectivity index (χ0) is 10.6. The Labute approximate surface area is 83.3 Å². The summed E-state index contributed by atoms with van der Waals surface area (Å²) in [6, 6.07) is 9.70. The van der Waals surface area contributed by atoms with Gasteiger partial charge < -0.3 is 10.2 Å². The van der Waals surface area contributed by atoms with Gasteiger partial charge in [-0.05, 0) is 11.6 Å². The maximum Gasteiger partial charge on any atom is 0.142 e. The van der Waals surface area contributed by atoms with Crippen LogP contribution in [0.25, 0.3) is 6.08 Å². The van der Waals surface area contributed by atoms with Crippen molar-refractivity contribution in [1.82, 2.24) is 0 Å². The van der Waals surface area contributed by atoms with E-state index in [4.69, 9.17) is 10.2 Å². The average Bonchev–Trinajstić information content (AvgIpc) is 2.28. The zero-order valence-electron chi connectivity index (χ0n) is 7.84. The Morgan fingerprint density at radius 3 is 2.07 bits per heavy atom. The van der Waals surface area contributed by atoms with E-state index in [-0.39, 0.29) is 13.2 Å². The maximum absolute atomic E-state index is 9.89. The monoisotopic (exact) mass is 194 g/mol. The van der Waals surface area contributed by atoms with Gasteiger partial charge in [-0.3, -0.25) is 4.79 Å². The minimum Gasteiger partial charge on any atom is -0.394 e. The first-order valence-corrected chi connectivity index (χ1v) is 4.23. The second kappa shape index (κ2) is 9.64. The van der Waals surface area contributed by atoms with E-state index >= 15 is 0 Å². The first-order chi connectivity index (χ1) is 6.85. The van der Waals surface area contributed by atoms with Crippen LogP contribution in [0.1, 0.15) is 5.56 Å². The van der Waals surface area contributed by atoms with Gasteiger partial charge in [-0.1, -0.05) is 36.4 Å². The lowest BCUT2D eigenvalue weighted by molar-refractivity contribution is -0.104. The predicted octanol–water partition coefficient (Wildman–Crippen LogP) is 0.870. The summed E-state index contributed by atoms with van der Waals surface area (Å²) < 4.78 is 0. The average molecular weight is 194 g/mol. The lowest BCUT2D eigenvalue weighted by atomic mass is 10.2. The van der Waals surface area contributed by atoms with Gasteiger partial charge in [0.15, 0.2) is 0 Å². The van der Waals surface area contributed by atoms with Crippen LogP contribution in [0, 0.1) is 0 Å². The lowest BCUT2D eigenvalue weighted by Gasteiger charge is -1.86. The summed E-state index contributed by atoms with van der Waals surface area (Å²) in [5.74, 6) is 0. The molecule has 0 radical (unpaired) electrons. The largest absolute Gasteiger partial charge is 0.394 e. The topological polar surface area (TPSA) is 57.5 Å². The first kappa shape index (κ1) is 12.6. The van der Waals surface area contributed by atoms with Crippen molar-refractivity contribution in [1.29, 1.82) is 0 Å². The van der Waals surface area contributed by atoms with Crippen molar-refractivity contribution in [3.05, 3.63) is 42.0 Å². The molecule has 3 nitrogen and oxygen atoms in total. The fourth-order valence-electron chi connectivity index (χ4n) is 0.715. The van der Waals surface area contributed by atoms with Crippen LogP contribution in [0.2, 0.25) is 0 Å². The Morgan fingerprint density at radius 2 is 1.64 bits per heavy atom. The van der Waals surface area contributed by atoms with Crippen molar-refractivity contribution >= 4 is 12.4 Å². The Morgan fingerprint density at radius 1 is 1.07 bits per heavy atom. The van der Waals surface area contributed by atoms with Gasteiger partial charge in [0.05, 0.1) is 13.2 Å². The standard InChI is InChI=1S/C9H8O.C2H6O2/c10-8-4-7-9-5-2-1-3-6-9;3-1-2-4/h1-8H;3-4H,1-2H2. The third-order valence-electron chi connectivity index (χ3n) is 1.27. The molecule has 0 atom stereocenters. The number of carbonyl (C=O) groups excluding carboxylic acids is 1. The Hall–Kier alpha value is -1.45. The summed E-state index contributed by atoms with van der Waals surface area (Å²) in [5, 5.41) is 15.2. The molecule has 0 saturated carbocycles. The summed E-state index contributed by atoms with van der Waals surface area (Å²) in [6.45, 7) is -0.250. The molecule has 0 heterocycles. The van der Waals surface area contributed by atoms with Gasteiger partial charge in [0.2, 0.25) is 0 Å². The summed E-state index contributed by atoms with van der Waals surface area (Å²) in [6.07, 6.45) is 4.02. The van der Waals surface area contributed by atoms with E-state index < -0.39 is 0 Å². The fraction of sp³-hybridized carbons (Fsp3) is 0.182. The van der Waals surface area contributed by atoms with Gasteiger partial charge >= 0.3 is 0 Å². The normalized spacial score (nSPS) is 9.29. The molecule has 0 amide bonds. The smallest absolute Gasteiger partial charge is 0.142 e. The number of hydrogen-bond acceptors (Lipinski definition) is 3. The highest BCUT2D eigenvalue weighted by Gasteiger charge is 1.79. The van der Waals surface area contributed by atoms with Crippen LogP contribution in [0.4, 0.5) is 0 Å². The fourth-order valence-corrected chi connectivity index (χ4v) is 0.715. The molecule has 2 N–H and O–H groups in total. The van der Waals surface area contributed by atoms with Crippen LogP contribution in [0.15, 0.2) is 36.4 Å². The first-order valence-electron chi connectivity index (χ1n) is 4.23. The summed E-state index contributed by atoms with van der Waals surface area (Å²) in [7, 11) is 0. The highest BCUT2D eigenvalue weighted by atomic mass is 16.3. The third kappa shape index (κ3) is 7.21. The minimum absolute atomic E-state index is 0.125. The van der Waals surface area contributed by atoms with E-state index in [1.165, 1.54) is 6.08 Å². The van der Waals surface area contributed by atoms with Crippen LogP contribution in [-0.4, -0.2) is 29.7 Å². The number of hydrogen-bond donors (Lipinski definition) is 2. The van der Waals surface area contributed by atoms with E-state index in [2.05, 4.69) is 0 Å². The van der Waals surface area contributed by atoms with Crippen molar-refractivity contribution in [3.8, 4) is 0 Å². The van der Waals surface area contributed by atoms with Gasteiger partial charge in [-0.25, -0.2) is 0 Å². The van der Waals surface area contributed by atoms with Crippen LogP contribution in [0.3, 0.4) is 0 Å². The predicted molar refractivity (Wildman–Crippen MR) is 55.7 cm³/mol. The number of aliphatic hydroxyl groups excluding tert-OH is 2. The molecule has 1 rings (SSSR count). The molecule has 3 heteroatoms. The van der Waals surface area contributed by atoms with Crippen molar-refractivity contribution in [2.75, 3.05) is 13.2 Å². The second-order valence-corrected chi connectivity index (χ2v) is 2.35. The molecule has 76 valence electrons. The molecule has 0 bridgehead atoms. The molecular weight excluding hydrogens is 180 g/mol. The summed E-state index contributed by atoms with van der Waals surface area (Å²) >= 11 is 0. The lowest BCUT2D eigenvalue weighted by Crippen LogP contribution is -1.85. The molecule has 0 fully saturated rings. The van der Waals surface area contributed by atoms with Crippen molar-refractivity contribution < 1.29 is 15.0 Å². The van der Waals surface area contributed by atoms with Gasteiger partial charge in [0.1, 0.15) is 6.29 Å². The molecule has 14 heavy (non-hydrogen) atoms. The number of carbonyl (C=O) groups is 1. The number of benzene rings is 1. The molecular formula is C11H14O3. The molecule has 0 aliphatic rings. The quantitative estimate of drug-likeness (QED) is 0.554. The van der Waals surface area contributed by atoms with E-state index in [9.17, 15) is 4.79 Å². The highest BCUT2D eigenvalue weighted by molar-refractivity contribution is 5.73. The molecule has 0 saturated heterocycles. The molecule has 0 aromatic heterocycles. The van der Waals surface area contributed by atoms with Crippen molar-refractivity contribution in [2.45, 2.75) is 0 Å². The van der Waals surface area contributed by atoms with Gasteiger partial charge in [0.25, 0.3) is 0 Å². The SMILES string of the molecule is O=CC=Cc1ccccc1.OCCO. The van der Waals surface area contributed by atoms with Crippen LogP contribution in [0.5, 0.6) is 0 Å². The van der Waals surface area contributed by atoms with Crippen LogP contribution >= 0.6 is 0 Å². The molecule has 0 spiro atoms. The van der Waals surface area contributed by atoms with Crippen LogP contribution < -0.4 is 0 Å². The van der Waals surface area contributed by atoms with E-state index in [1.807, 2.05) is 30.3 Å². The molecule has 1 aromatic rings. The van der Waals surface area contributed by atoms with Gasteiger partial charge in [0, 0.05) is 0 Å². The number of aliphatic hydroxyl groups is 2. The molecule has 0 aliphatic carbocycles. The Kier molecular flexibility index (Phi) is 8.64. The maximum atomic E-state index is 9.89. The van der Waals surface area contributed by atoms with Crippen molar-refractivity contribution in [3.63, 3.8) is 0 Å².